The fourth-order valence-corrected chi connectivity index (χ4v) is 4.00. The lowest BCUT2D eigenvalue weighted by Crippen LogP contribution is -2.41. The molecule has 0 bridgehead atoms. The Morgan fingerprint density at radius 3 is 2.54 bits per heavy atom. The average molecular weight is 358 g/mol. The van der Waals surface area contributed by atoms with E-state index in [9.17, 15) is 5.11 Å². The molecule has 2 atom stereocenters. The number of tetrazole rings is 1. The van der Waals surface area contributed by atoms with Crippen molar-refractivity contribution in [2.24, 2.45) is 11.8 Å². The van der Waals surface area contributed by atoms with Crippen molar-refractivity contribution in [3.63, 3.8) is 0 Å². The molecular formula is C18H26N6O2. The minimum absolute atomic E-state index is 0.266. The van der Waals surface area contributed by atoms with E-state index >= 15 is 0 Å². The zero-order valence-electron chi connectivity index (χ0n) is 14.9. The van der Waals surface area contributed by atoms with E-state index in [4.69, 9.17) is 4.74 Å². The van der Waals surface area contributed by atoms with Crippen LogP contribution in [0.4, 0.5) is 0 Å². The van der Waals surface area contributed by atoms with Gasteiger partial charge in [-0.05, 0) is 22.6 Å². The van der Waals surface area contributed by atoms with Gasteiger partial charge in [0.1, 0.15) is 0 Å². The van der Waals surface area contributed by atoms with Gasteiger partial charge < -0.3 is 9.84 Å². The smallest absolute Gasteiger partial charge is 0.204 e. The summed E-state index contributed by atoms with van der Waals surface area (Å²) in [5.41, 5.74) is 2.23. The second kappa shape index (κ2) is 8.22. The Bertz CT molecular complexity index is 671. The van der Waals surface area contributed by atoms with Crippen molar-refractivity contribution in [3.05, 3.63) is 29.8 Å². The first-order valence-electron chi connectivity index (χ1n) is 9.28. The molecule has 2 aromatic rings. The van der Waals surface area contributed by atoms with Crippen molar-refractivity contribution in [3.8, 4) is 11.4 Å². The average Bonchev–Trinajstić information content (AvgIpc) is 3.33. The molecule has 0 saturated carbocycles. The quantitative estimate of drug-likeness (QED) is 0.764. The summed E-state index contributed by atoms with van der Waals surface area (Å²) in [6, 6.07) is 8.31. The predicted molar refractivity (Wildman–Crippen MR) is 96.2 cm³/mol. The third-order valence-electron chi connectivity index (χ3n) is 5.45. The van der Waals surface area contributed by atoms with Gasteiger partial charge in [-0.15, -0.1) is 10.2 Å². The first kappa shape index (κ1) is 17.5. The molecule has 2 fully saturated rings. The second-order valence-corrected chi connectivity index (χ2v) is 7.24. The Labute approximate surface area is 153 Å². The van der Waals surface area contributed by atoms with Crippen LogP contribution in [0.3, 0.4) is 0 Å². The molecule has 2 saturated heterocycles. The lowest BCUT2D eigenvalue weighted by Gasteiger charge is -2.30. The summed E-state index contributed by atoms with van der Waals surface area (Å²) in [5, 5.41) is 23.9. The molecular weight excluding hydrogens is 332 g/mol. The number of aromatic amines is 1. The van der Waals surface area contributed by atoms with Crippen molar-refractivity contribution in [1.29, 1.82) is 0 Å². The van der Waals surface area contributed by atoms with Gasteiger partial charge in [-0.1, -0.05) is 24.3 Å². The molecule has 2 N–H and O–H groups in total. The van der Waals surface area contributed by atoms with Crippen molar-refractivity contribution >= 4 is 0 Å². The molecule has 140 valence electrons. The summed E-state index contributed by atoms with van der Waals surface area (Å²) in [5.74, 6) is 1.50. The molecule has 0 unspecified atom stereocenters. The first-order valence-corrected chi connectivity index (χ1v) is 9.28. The van der Waals surface area contributed by atoms with Gasteiger partial charge >= 0.3 is 0 Å². The van der Waals surface area contributed by atoms with Crippen LogP contribution < -0.4 is 0 Å². The standard InChI is InChI=1S/C18H26N6O2/c25-13-17-12-24(11-16(17)10-23-5-7-26-8-6-23)9-14-1-3-15(4-2-14)18-19-21-22-20-18/h1-4,16-17,25H,5-13H2,(H,19,20,21,22)/t16-,17-/m1/s1. The number of benzene rings is 1. The third-order valence-corrected chi connectivity index (χ3v) is 5.45. The van der Waals surface area contributed by atoms with Crippen LogP contribution in [0.5, 0.6) is 0 Å². The number of morpholine rings is 1. The zero-order chi connectivity index (χ0) is 17.8. The molecule has 26 heavy (non-hydrogen) atoms. The number of nitrogens with zero attached hydrogens (tertiary/aromatic N) is 5. The van der Waals surface area contributed by atoms with Crippen LogP contribution in [0.15, 0.2) is 24.3 Å². The Morgan fingerprint density at radius 1 is 1.08 bits per heavy atom. The van der Waals surface area contributed by atoms with Crippen LogP contribution in [-0.2, 0) is 11.3 Å². The second-order valence-electron chi connectivity index (χ2n) is 7.24. The highest BCUT2D eigenvalue weighted by atomic mass is 16.5. The molecule has 1 aromatic heterocycles. The Morgan fingerprint density at radius 2 is 1.85 bits per heavy atom. The number of aliphatic hydroxyl groups excluding tert-OH is 1. The van der Waals surface area contributed by atoms with E-state index in [0.29, 0.717) is 17.7 Å². The number of aliphatic hydroxyl groups is 1. The summed E-state index contributed by atoms with van der Waals surface area (Å²) in [6.45, 7) is 7.89. The van der Waals surface area contributed by atoms with Crippen LogP contribution in [-0.4, -0.2) is 88.1 Å². The number of rotatable bonds is 6. The topological polar surface area (TPSA) is 90.4 Å². The maximum absolute atomic E-state index is 9.80. The number of likely N-dealkylation sites (tertiary alicyclic amines) is 1. The fraction of sp³-hybridized carbons (Fsp3) is 0.611. The number of aromatic nitrogens is 4. The predicted octanol–water partition coefficient (Wildman–Crippen LogP) is 0.239. The number of hydrogen-bond acceptors (Lipinski definition) is 7. The van der Waals surface area contributed by atoms with E-state index in [1.54, 1.807) is 0 Å². The largest absolute Gasteiger partial charge is 0.396 e. The number of hydrogen-bond donors (Lipinski definition) is 2. The summed E-state index contributed by atoms with van der Waals surface area (Å²) in [7, 11) is 0. The minimum Gasteiger partial charge on any atom is -0.396 e. The van der Waals surface area contributed by atoms with E-state index in [-0.39, 0.29) is 6.61 Å². The van der Waals surface area contributed by atoms with Gasteiger partial charge in [0.2, 0.25) is 5.82 Å². The number of H-pyrrole nitrogens is 1. The van der Waals surface area contributed by atoms with Crippen molar-refractivity contribution in [1.82, 2.24) is 30.4 Å². The monoisotopic (exact) mass is 358 g/mol. The van der Waals surface area contributed by atoms with E-state index in [1.165, 1.54) is 5.56 Å². The molecule has 0 amide bonds. The third kappa shape index (κ3) is 4.09. The van der Waals surface area contributed by atoms with Gasteiger partial charge in [-0.3, -0.25) is 9.80 Å². The Hall–Kier alpha value is -1.87. The van der Waals surface area contributed by atoms with Gasteiger partial charge in [-0.25, -0.2) is 0 Å². The summed E-state index contributed by atoms with van der Waals surface area (Å²) < 4.78 is 5.44. The van der Waals surface area contributed by atoms with Crippen LogP contribution in [0, 0.1) is 11.8 Å². The van der Waals surface area contributed by atoms with Crippen LogP contribution in [0.1, 0.15) is 5.56 Å². The van der Waals surface area contributed by atoms with E-state index in [2.05, 4.69) is 42.6 Å². The van der Waals surface area contributed by atoms with Crippen molar-refractivity contribution in [2.75, 3.05) is 52.5 Å². The van der Waals surface area contributed by atoms with Gasteiger partial charge in [-0.2, -0.15) is 5.21 Å². The highest BCUT2D eigenvalue weighted by Crippen LogP contribution is 2.26. The van der Waals surface area contributed by atoms with E-state index < -0.39 is 0 Å². The van der Waals surface area contributed by atoms with Crippen molar-refractivity contribution < 1.29 is 9.84 Å². The molecule has 2 aliphatic rings. The minimum atomic E-state index is 0.266. The summed E-state index contributed by atoms with van der Waals surface area (Å²) >= 11 is 0. The van der Waals surface area contributed by atoms with Gasteiger partial charge in [0.05, 0.1) is 13.2 Å². The van der Waals surface area contributed by atoms with Crippen LogP contribution in [0.25, 0.3) is 11.4 Å². The van der Waals surface area contributed by atoms with E-state index in [1.807, 2.05) is 12.1 Å². The molecule has 8 heteroatoms. The van der Waals surface area contributed by atoms with E-state index in [0.717, 1.165) is 58.0 Å². The lowest BCUT2D eigenvalue weighted by molar-refractivity contribution is 0.0264. The Balaban J connectivity index is 1.34. The lowest BCUT2D eigenvalue weighted by atomic mass is 9.96. The zero-order valence-corrected chi connectivity index (χ0v) is 14.9. The molecule has 0 spiro atoms. The molecule has 8 nitrogen and oxygen atoms in total. The normalized spacial score (nSPS) is 25.0. The van der Waals surface area contributed by atoms with Crippen LogP contribution in [0.2, 0.25) is 0 Å². The Kier molecular flexibility index (Phi) is 5.54. The van der Waals surface area contributed by atoms with Gasteiger partial charge in [0.25, 0.3) is 0 Å². The fourth-order valence-electron chi connectivity index (χ4n) is 4.00. The van der Waals surface area contributed by atoms with Crippen LogP contribution >= 0.6 is 0 Å². The highest BCUT2D eigenvalue weighted by Gasteiger charge is 2.33. The highest BCUT2D eigenvalue weighted by molar-refractivity contribution is 5.54. The van der Waals surface area contributed by atoms with Crippen molar-refractivity contribution in [2.45, 2.75) is 6.54 Å². The maximum Gasteiger partial charge on any atom is 0.204 e. The summed E-state index contributed by atoms with van der Waals surface area (Å²) in [4.78, 5) is 4.93. The summed E-state index contributed by atoms with van der Waals surface area (Å²) in [6.07, 6.45) is 0. The molecule has 3 heterocycles. The molecule has 2 aliphatic heterocycles. The maximum atomic E-state index is 9.80. The molecule has 1 aromatic carbocycles. The van der Waals surface area contributed by atoms with Gasteiger partial charge in [0.15, 0.2) is 0 Å². The number of ether oxygens (including phenoxy) is 1. The van der Waals surface area contributed by atoms with Gasteiger partial charge in [0, 0.05) is 51.4 Å². The number of nitrogens with one attached hydrogen (secondary N) is 1. The first-order chi connectivity index (χ1) is 12.8. The molecule has 0 aliphatic carbocycles. The molecule has 4 rings (SSSR count). The molecule has 0 radical (unpaired) electrons. The SMILES string of the molecule is OC[C@H]1CN(Cc2ccc(-c3nn[nH]n3)cc2)C[C@H]1CN1CCOCC1.